The Morgan fingerprint density at radius 1 is 1.32 bits per heavy atom. The first-order chi connectivity index (χ1) is 10.6. The van der Waals surface area contributed by atoms with Gasteiger partial charge in [0, 0.05) is 11.7 Å². The largest absolute Gasteiger partial charge is 0.394 e. The number of carbonyl (C=O) groups is 1. The molecule has 1 aliphatic rings. The van der Waals surface area contributed by atoms with E-state index < -0.39 is 0 Å². The van der Waals surface area contributed by atoms with Gasteiger partial charge < -0.3 is 15.7 Å². The van der Waals surface area contributed by atoms with Crippen molar-refractivity contribution < 1.29 is 9.90 Å². The Kier molecular flexibility index (Phi) is 6.25. The Hall–Kier alpha value is -1.55. The third kappa shape index (κ3) is 5.68. The van der Waals surface area contributed by atoms with Gasteiger partial charge in [-0.15, -0.1) is 0 Å². The van der Waals surface area contributed by atoms with Gasteiger partial charge in [0.25, 0.3) is 0 Å². The molecule has 4 nitrogen and oxygen atoms in total. The molecule has 1 aromatic rings. The third-order valence-corrected chi connectivity index (χ3v) is 4.19. The minimum atomic E-state index is -0.142. The summed E-state index contributed by atoms with van der Waals surface area (Å²) < 4.78 is 0. The SMILES string of the molecule is CCC(CO)NC(=O)Cc1ccc(NC(C)CC2CC2)cc1. The van der Waals surface area contributed by atoms with Crippen molar-refractivity contribution >= 4 is 11.6 Å². The number of aliphatic hydroxyl groups is 1. The fourth-order valence-corrected chi connectivity index (χ4v) is 2.66. The highest BCUT2D eigenvalue weighted by atomic mass is 16.3. The van der Waals surface area contributed by atoms with E-state index in [2.05, 4.69) is 17.6 Å². The van der Waals surface area contributed by atoms with Crippen molar-refractivity contribution in [3.63, 3.8) is 0 Å². The second kappa shape index (κ2) is 8.18. The molecule has 122 valence electrons. The molecule has 2 atom stereocenters. The zero-order valence-electron chi connectivity index (χ0n) is 13.6. The van der Waals surface area contributed by atoms with Gasteiger partial charge in [0.05, 0.1) is 19.1 Å². The van der Waals surface area contributed by atoms with Crippen LogP contribution in [-0.2, 0) is 11.2 Å². The van der Waals surface area contributed by atoms with E-state index >= 15 is 0 Å². The zero-order chi connectivity index (χ0) is 15.9. The molecular weight excluding hydrogens is 276 g/mol. The Morgan fingerprint density at radius 3 is 2.55 bits per heavy atom. The van der Waals surface area contributed by atoms with Crippen LogP contribution < -0.4 is 10.6 Å². The Labute approximate surface area is 133 Å². The van der Waals surface area contributed by atoms with Gasteiger partial charge in [-0.3, -0.25) is 4.79 Å². The van der Waals surface area contributed by atoms with E-state index in [1.165, 1.54) is 19.3 Å². The van der Waals surface area contributed by atoms with E-state index in [1.807, 2.05) is 31.2 Å². The summed E-state index contributed by atoms with van der Waals surface area (Å²) in [6.07, 6.45) is 5.10. The molecule has 4 heteroatoms. The Bertz CT molecular complexity index is 464. The summed E-state index contributed by atoms with van der Waals surface area (Å²) in [6, 6.07) is 8.41. The fraction of sp³-hybridized carbons (Fsp3) is 0.611. The highest BCUT2D eigenvalue weighted by molar-refractivity contribution is 5.79. The van der Waals surface area contributed by atoms with Crippen LogP contribution in [0, 0.1) is 5.92 Å². The molecule has 1 saturated carbocycles. The van der Waals surface area contributed by atoms with Crippen LogP contribution in [0.2, 0.25) is 0 Å². The zero-order valence-corrected chi connectivity index (χ0v) is 13.6. The van der Waals surface area contributed by atoms with Gasteiger partial charge >= 0.3 is 0 Å². The Morgan fingerprint density at radius 2 is 2.00 bits per heavy atom. The molecule has 0 radical (unpaired) electrons. The lowest BCUT2D eigenvalue weighted by Crippen LogP contribution is -2.37. The second-order valence-electron chi connectivity index (χ2n) is 6.45. The van der Waals surface area contributed by atoms with Crippen LogP contribution in [0.3, 0.4) is 0 Å². The molecule has 0 bridgehead atoms. The normalized spacial score (nSPS) is 16.9. The van der Waals surface area contributed by atoms with Crippen LogP contribution in [0.4, 0.5) is 5.69 Å². The lowest BCUT2D eigenvalue weighted by atomic mass is 10.1. The summed E-state index contributed by atoms with van der Waals surface area (Å²) in [4.78, 5) is 11.9. The maximum absolute atomic E-state index is 11.9. The number of anilines is 1. The fourth-order valence-electron chi connectivity index (χ4n) is 2.66. The first-order valence-corrected chi connectivity index (χ1v) is 8.36. The quantitative estimate of drug-likeness (QED) is 0.657. The minimum Gasteiger partial charge on any atom is -0.394 e. The predicted octanol–water partition coefficient (Wildman–Crippen LogP) is 2.72. The van der Waals surface area contributed by atoms with Crippen molar-refractivity contribution in [1.29, 1.82) is 0 Å². The topological polar surface area (TPSA) is 61.4 Å². The molecule has 1 fully saturated rings. The number of aliphatic hydroxyl groups excluding tert-OH is 1. The molecule has 22 heavy (non-hydrogen) atoms. The van der Waals surface area contributed by atoms with Crippen LogP contribution in [0.5, 0.6) is 0 Å². The van der Waals surface area contributed by atoms with Crippen molar-refractivity contribution in [2.24, 2.45) is 5.92 Å². The van der Waals surface area contributed by atoms with Gasteiger partial charge in [-0.25, -0.2) is 0 Å². The number of hydrogen-bond donors (Lipinski definition) is 3. The van der Waals surface area contributed by atoms with E-state index in [-0.39, 0.29) is 18.6 Å². The number of nitrogens with one attached hydrogen (secondary N) is 2. The number of carbonyl (C=O) groups excluding carboxylic acids is 1. The molecule has 0 saturated heterocycles. The average molecular weight is 304 g/mol. The summed E-state index contributed by atoms with van der Waals surface area (Å²) in [5.74, 6) is 0.882. The standard InChI is InChI=1S/C18H28N2O2/c1-3-16(12-21)20-18(22)11-15-6-8-17(9-7-15)19-13(2)10-14-4-5-14/h6-9,13-14,16,19,21H,3-5,10-12H2,1-2H3,(H,20,22). The van der Waals surface area contributed by atoms with Gasteiger partial charge in [-0.2, -0.15) is 0 Å². The van der Waals surface area contributed by atoms with Crippen molar-refractivity contribution in [1.82, 2.24) is 5.32 Å². The van der Waals surface area contributed by atoms with Crippen LogP contribution in [0.1, 0.15) is 45.1 Å². The molecule has 0 aliphatic heterocycles. The predicted molar refractivity (Wildman–Crippen MR) is 89.9 cm³/mol. The first kappa shape index (κ1) is 16.8. The number of rotatable bonds is 9. The molecule has 2 rings (SSSR count). The monoisotopic (exact) mass is 304 g/mol. The molecule has 1 aliphatic carbocycles. The average Bonchev–Trinajstić information content (AvgIpc) is 3.30. The summed E-state index contributed by atoms with van der Waals surface area (Å²) in [6.45, 7) is 4.16. The maximum Gasteiger partial charge on any atom is 0.224 e. The van der Waals surface area contributed by atoms with Gasteiger partial charge in [-0.1, -0.05) is 31.9 Å². The van der Waals surface area contributed by atoms with Crippen molar-refractivity contribution in [2.45, 2.75) is 58.0 Å². The smallest absolute Gasteiger partial charge is 0.224 e. The molecular formula is C18H28N2O2. The van der Waals surface area contributed by atoms with E-state index in [4.69, 9.17) is 5.11 Å². The van der Waals surface area contributed by atoms with Crippen molar-refractivity contribution in [3.05, 3.63) is 29.8 Å². The van der Waals surface area contributed by atoms with Crippen molar-refractivity contribution in [3.8, 4) is 0 Å². The minimum absolute atomic E-state index is 0.00994. The molecule has 3 N–H and O–H groups in total. The lowest BCUT2D eigenvalue weighted by molar-refractivity contribution is -0.121. The molecule has 1 amide bonds. The molecule has 0 heterocycles. The van der Waals surface area contributed by atoms with E-state index in [1.54, 1.807) is 0 Å². The Balaban J connectivity index is 1.79. The number of amides is 1. The summed E-state index contributed by atoms with van der Waals surface area (Å²) >= 11 is 0. The van der Waals surface area contributed by atoms with Crippen LogP contribution in [-0.4, -0.2) is 29.7 Å². The van der Waals surface area contributed by atoms with Crippen LogP contribution in [0.25, 0.3) is 0 Å². The second-order valence-corrected chi connectivity index (χ2v) is 6.45. The van der Waals surface area contributed by atoms with Gasteiger partial charge in [0.1, 0.15) is 0 Å². The highest BCUT2D eigenvalue weighted by Crippen LogP contribution is 2.34. The first-order valence-electron chi connectivity index (χ1n) is 8.36. The highest BCUT2D eigenvalue weighted by Gasteiger charge is 2.23. The molecule has 0 aromatic heterocycles. The summed E-state index contributed by atoms with van der Waals surface area (Å²) in [5.41, 5.74) is 2.10. The third-order valence-electron chi connectivity index (χ3n) is 4.19. The summed E-state index contributed by atoms with van der Waals surface area (Å²) in [5, 5.41) is 15.5. The van der Waals surface area contributed by atoms with E-state index in [9.17, 15) is 4.79 Å². The summed E-state index contributed by atoms with van der Waals surface area (Å²) in [7, 11) is 0. The van der Waals surface area contributed by atoms with Gasteiger partial charge in [-0.05, 0) is 43.4 Å². The number of hydrogen-bond acceptors (Lipinski definition) is 3. The lowest BCUT2D eigenvalue weighted by Gasteiger charge is -2.16. The van der Waals surface area contributed by atoms with Crippen molar-refractivity contribution in [2.75, 3.05) is 11.9 Å². The van der Waals surface area contributed by atoms with Gasteiger partial charge in [0.15, 0.2) is 0 Å². The molecule has 2 unspecified atom stereocenters. The maximum atomic E-state index is 11.9. The van der Waals surface area contributed by atoms with Crippen LogP contribution >= 0.6 is 0 Å². The molecule has 0 spiro atoms. The number of benzene rings is 1. The molecule has 1 aromatic carbocycles. The van der Waals surface area contributed by atoms with Gasteiger partial charge in [0.2, 0.25) is 5.91 Å². The van der Waals surface area contributed by atoms with Crippen LogP contribution in [0.15, 0.2) is 24.3 Å². The van der Waals surface area contributed by atoms with E-state index in [0.717, 1.165) is 23.6 Å². The van der Waals surface area contributed by atoms with E-state index in [0.29, 0.717) is 12.5 Å².